The molecule has 0 saturated carbocycles. The second-order valence-electron chi connectivity index (χ2n) is 7.79. The molecule has 0 bridgehead atoms. The normalized spacial score (nSPS) is 11.5. The molecule has 4 nitrogen and oxygen atoms in total. The van der Waals surface area contributed by atoms with E-state index >= 15 is 0 Å². The summed E-state index contributed by atoms with van der Waals surface area (Å²) in [7, 11) is 0. The highest BCUT2D eigenvalue weighted by molar-refractivity contribution is 6.30. The first-order valence-electron chi connectivity index (χ1n) is 10.7. The van der Waals surface area contributed by atoms with Gasteiger partial charge in [0.05, 0.1) is 16.5 Å². The number of unbranched alkanes of at least 4 members (excludes halogenated alkanes) is 2. The third-order valence-corrected chi connectivity index (χ3v) is 5.74. The van der Waals surface area contributed by atoms with E-state index in [-0.39, 0.29) is 11.2 Å². The second-order valence-corrected chi connectivity index (χ2v) is 8.23. The molecule has 3 rings (SSSR count). The Bertz CT molecular complexity index is 1050. The first-order valence-corrected chi connectivity index (χ1v) is 11.1. The zero-order valence-corrected chi connectivity index (χ0v) is 18.8. The van der Waals surface area contributed by atoms with Crippen LogP contribution in [0.1, 0.15) is 50.9 Å². The Hall–Kier alpha value is -2.30. The molecular weight excluding hydrogens is 398 g/mol. The van der Waals surface area contributed by atoms with Crippen LogP contribution in [0, 0.1) is 6.92 Å². The molecule has 1 aromatic heterocycles. The lowest BCUT2D eigenvalue weighted by atomic mass is 10.0. The molecule has 160 valence electrons. The van der Waals surface area contributed by atoms with Crippen LogP contribution in [0.3, 0.4) is 0 Å². The Labute approximate surface area is 183 Å². The Morgan fingerprint density at radius 2 is 1.63 bits per heavy atom. The molecule has 0 amide bonds. The average molecular weight is 428 g/mol. The van der Waals surface area contributed by atoms with E-state index in [0.29, 0.717) is 39.4 Å². The molecule has 0 aliphatic carbocycles. The summed E-state index contributed by atoms with van der Waals surface area (Å²) in [5.41, 5.74) is 2.38. The third kappa shape index (κ3) is 4.88. The number of phenolic OH excluding ortho intramolecular Hbond substituents is 1. The van der Waals surface area contributed by atoms with Gasteiger partial charge in [0, 0.05) is 11.6 Å². The molecule has 2 aromatic carbocycles. The predicted octanol–water partition coefficient (Wildman–Crippen LogP) is 6.53. The van der Waals surface area contributed by atoms with Crippen molar-refractivity contribution in [3.05, 3.63) is 63.0 Å². The Morgan fingerprint density at radius 1 is 1.00 bits per heavy atom. The Morgan fingerprint density at radius 3 is 2.23 bits per heavy atom. The van der Waals surface area contributed by atoms with Crippen LogP contribution in [-0.2, 0) is 6.54 Å². The minimum Gasteiger partial charge on any atom is -0.507 e. The third-order valence-electron chi connectivity index (χ3n) is 5.49. The summed E-state index contributed by atoms with van der Waals surface area (Å²) in [6.45, 7) is 8.62. The number of aryl methyl sites for hydroxylation is 1. The largest absolute Gasteiger partial charge is 0.507 e. The van der Waals surface area contributed by atoms with Crippen LogP contribution in [0.15, 0.2) is 45.6 Å². The van der Waals surface area contributed by atoms with E-state index in [2.05, 4.69) is 18.7 Å². The number of fused-ring (bicyclic) bond motifs is 1. The molecule has 30 heavy (non-hydrogen) atoms. The lowest BCUT2D eigenvalue weighted by Gasteiger charge is -2.23. The lowest BCUT2D eigenvalue weighted by Crippen LogP contribution is -2.26. The van der Waals surface area contributed by atoms with Crippen molar-refractivity contribution in [1.82, 2.24) is 4.90 Å². The summed E-state index contributed by atoms with van der Waals surface area (Å²) in [5.74, 6) is 0.706. The van der Waals surface area contributed by atoms with Crippen molar-refractivity contribution in [1.29, 1.82) is 0 Å². The molecule has 3 aromatic rings. The highest BCUT2D eigenvalue weighted by Gasteiger charge is 2.19. The van der Waals surface area contributed by atoms with Crippen LogP contribution in [0.5, 0.6) is 5.75 Å². The van der Waals surface area contributed by atoms with Gasteiger partial charge >= 0.3 is 0 Å². The second kappa shape index (κ2) is 10.1. The monoisotopic (exact) mass is 427 g/mol. The molecular formula is C25H30ClNO3. The number of halogens is 1. The number of benzene rings is 2. The van der Waals surface area contributed by atoms with Gasteiger partial charge in [0.1, 0.15) is 17.1 Å². The van der Waals surface area contributed by atoms with Gasteiger partial charge < -0.3 is 9.52 Å². The summed E-state index contributed by atoms with van der Waals surface area (Å²) < 4.78 is 6.16. The van der Waals surface area contributed by atoms with Gasteiger partial charge in [0.15, 0.2) is 0 Å². The fraction of sp³-hybridized carbons (Fsp3) is 0.400. The molecule has 0 unspecified atom stereocenters. The van der Waals surface area contributed by atoms with E-state index < -0.39 is 0 Å². The van der Waals surface area contributed by atoms with Gasteiger partial charge in [-0.05, 0) is 62.7 Å². The quantitative estimate of drug-likeness (QED) is 0.421. The van der Waals surface area contributed by atoms with Crippen LogP contribution >= 0.6 is 11.6 Å². The van der Waals surface area contributed by atoms with Crippen molar-refractivity contribution in [2.45, 2.75) is 53.0 Å². The molecule has 0 aliphatic heterocycles. The fourth-order valence-corrected chi connectivity index (χ4v) is 3.90. The summed E-state index contributed by atoms with van der Waals surface area (Å²) in [6.07, 6.45) is 4.42. The number of hydrogen-bond donors (Lipinski definition) is 1. The summed E-state index contributed by atoms with van der Waals surface area (Å²) in [6, 6.07) is 10.4. The maximum atomic E-state index is 13.3. The Balaban J connectivity index is 2.08. The summed E-state index contributed by atoms with van der Waals surface area (Å²) in [5, 5.41) is 11.7. The maximum absolute atomic E-state index is 13.3. The van der Waals surface area contributed by atoms with Crippen molar-refractivity contribution in [3.8, 4) is 16.9 Å². The lowest BCUT2D eigenvalue weighted by molar-refractivity contribution is 0.253. The van der Waals surface area contributed by atoms with Gasteiger partial charge in [-0.3, -0.25) is 9.69 Å². The van der Waals surface area contributed by atoms with Gasteiger partial charge in [-0.2, -0.15) is 0 Å². The van der Waals surface area contributed by atoms with Crippen molar-refractivity contribution in [3.63, 3.8) is 0 Å². The highest BCUT2D eigenvalue weighted by atomic mass is 35.5. The van der Waals surface area contributed by atoms with E-state index in [1.165, 1.54) is 0 Å². The zero-order chi connectivity index (χ0) is 21.7. The van der Waals surface area contributed by atoms with Gasteiger partial charge in [-0.25, -0.2) is 0 Å². The molecule has 0 saturated heterocycles. The highest BCUT2D eigenvalue weighted by Crippen LogP contribution is 2.31. The fourth-order valence-electron chi connectivity index (χ4n) is 3.77. The molecule has 0 fully saturated rings. The van der Waals surface area contributed by atoms with E-state index in [4.69, 9.17) is 16.0 Å². The van der Waals surface area contributed by atoms with Crippen LogP contribution in [0.4, 0.5) is 0 Å². The van der Waals surface area contributed by atoms with E-state index in [1.54, 1.807) is 31.2 Å². The zero-order valence-electron chi connectivity index (χ0n) is 18.0. The number of hydrogen-bond acceptors (Lipinski definition) is 4. The molecule has 0 spiro atoms. The van der Waals surface area contributed by atoms with Gasteiger partial charge in [-0.15, -0.1) is 0 Å². The van der Waals surface area contributed by atoms with Gasteiger partial charge in [0.2, 0.25) is 5.43 Å². The molecule has 0 aliphatic rings. The SMILES string of the molecule is CCCCN(CCCC)Cc1c(O)ccc2c(=O)c(-c3ccc(Cl)cc3)c(C)oc12. The summed E-state index contributed by atoms with van der Waals surface area (Å²) in [4.78, 5) is 15.7. The molecule has 0 atom stereocenters. The average Bonchev–Trinajstić information content (AvgIpc) is 2.73. The van der Waals surface area contributed by atoms with E-state index in [9.17, 15) is 9.90 Å². The topological polar surface area (TPSA) is 53.7 Å². The number of rotatable bonds is 9. The Kier molecular flexibility index (Phi) is 7.57. The molecule has 5 heteroatoms. The first kappa shape index (κ1) is 22.4. The smallest absolute Gasteiger partial charge is 0.200 e. The molecule has 1 heterocycles. The maximum Gasteiger partial charge on any atom is 0.200 e. The van der Waals surface area contributed by atoms with Crippen molar-refractivity contribution >= 4 is 22.6 Å². The van der Waals surface area contributed by atoms with E-state index in [1.807, 2.05) is 12.1 Å². The van der Waals surface area contributed by atoms with Gasteiger partial charge in [0.25, 0.3) is 0 Å². The molecule has 0 radical (unpaired) electrons. The van der Waals surface area contributed by atoms with Crippen molar-refractivity contribution < 1.29 is 9.52 Å². The standard InChI is InChI=1S/C25H30ClNO3/c1-4-6-14-27(15-7-5-2)16-21-22(28)13-12-20-24(29)23(17(3)30-25(20)21)18-8-10-19(26)11-9-18/h8-13,28H,4-7,14-16H2,1-3H3. The number of nitrogens with zero attached hydrogens (tertiary/aromatic N) is 1. The minimum atomic E-state index is -0.0917. The van der Waals surface area contributed by atoms with Crippen LogP contribution in [0.2, 0.25) is 5.02 Å². The predicted molar refractivity (Wildman–Crippen MR) is 124 cm³/mol. The van der Waals surface area contributed by atoms with Crippen molar-refractivity contribution in [2.75, 3.05) is 13.1 Å². The minimum absolute atomic E-state index is 0.0917. The summed E-state index contributed by atoms with van der Waals surface area (Å²) >= 11 is 6.00. The van der Waals surface area contributed by atoms with Crippen LogP contribution in [-0.4, -0.2) is 23.1 Å². The van der Waals surface area contributed by atoms with Crippen LogP contribution in [0.25, 0.3) is 22.1 Å². The van der Waals surface area contributed by atoms with Crippen LogP contribution < -0.4 is 5.43 Å². The van der Waals surface area contributed by atoms with Gasteiger partial charge in [-0.1, -0.05) is 50.4 Å². The number of aromatic hydroxyl groups is 1. The number of phenols is 1. The molecule has 1 N–H and O–H groups in total. The van der Waals surface area contributed by atoms with Crippen molar-refractivity contribution in [2.24, 2.45) is 0 Å². The van der Waals surface area contributed by atoms with E-state index in [0.717, 1.165) is 44.3 Å². The first-order chi connectivity index (χ1) is 14.5.